The Bertz CT molecular complexity index is 683. The van der Waals surface area contributed by atoms with Gasteiger partial charge in [0, 0.05) is 39.8 Å². The lowest BCUT2D eigenvalue weighted by Crippen LogP contribution is -1.86. The molecule has 0 unspecified atom stereocenters. The summed E-state index contributed by atoms with van der Waals surface area (Å²) in [5.41, 5.74) is 4.85. The van der Waals surface area contributed by atoms with Gasteiger partial charge in [0.05, 0.1) is 0 Å². The molecule has 18 heavy (non-hydrogen) atoms. The van der Waals surface area contributed by atoms with Crippen molar-refractivity contribution in [3.63, 3.8) is 0 Å². The zero-order valence-corrected chi connectivity index (χ0v) is 12.2. The number of aromatic nitrogens is 1. The number of nitrogens with one attached hydrogen (secondary N) is 1. The quantitative estimate of drug-likeness (QED) is 0.685. The number of nitrogens with zero attached hydrogens (tertiary/aromatic N) is 1. The minimum Gasteiger partial charge on any atom is -0.388 e. The summed E-state index contributed by atoms with van der Waals surface area (Å²) in [6.45, 7) is 0. The Hall–Kier alpha value is -1.49. The fourth-order valence-corrected chi connectivity index (χ4v) is 2.55. The van der Waals surface area contributed by atoms with E-state index in [1.54, 1.807) is 0 Å². The van der Waals surface area contributed by atoms with E-state index in [1.165, 1.54) is 20.2 Å². The summed E-state index contributed by atoms with van der Waals surface area (Å²) in [6.07, 6.45) is 4.31. The first kappa shape index (κ1) is 11.6. The first-order valence-electron chi connectivity index (χ1n) is 5.82. The Morgan fingerprint density at radius 1 is 0.944 bits per heavy atom. The molecule has 1 aromatic carbocycles. The fraction of sp³-hybridized carbons (Fsp3) is 0.0667. The van der Waals surface area contributed by atoms with Crippen molar-refractivity contribution in [3.8, 4) is 11.1 Å². The van der Waals surface area contributed by atoms with Gasteiger partial charge < -0.3 is 9.72 Å². The normalized spacial score (nSPS) is 10.8. The molecule has 2 nitrogen and oxygen atoms in total. The van der Waals surface area contributed by atoms with E-state index in [4.69, 9.17) is 0 Å². The van der Waals surface area contributed by atoms with E-state index >= 15 is 0 Å². The van der Waals surface area contributed by atoms with Crippen LogP contribution in [0.3, 0.4) is 0 Å². The van der Waals surface area contributed by atoms with Crippen LogP contribution in [0, 0.1) is 3.57 Å². The molecule has 0 aliphatic carbocycles. The summed E-state index contributed by atoms with van der Waals surface area (Å²) in [4.78, 5) is 0. The molecule has 2 heterocycles. The second-order valence-corrected chi connectivity index (χ2v) is 5.48. The van der Waals surface area contributed by atoms with Gasteiger partial charge in [-0.3, -0.25) is 0 Å². The average molecular weight is 348 g/mol. The Labute approximate surface area is 120 Å². The summed E-state index contributed by atoms with van der Waals surface area (Å²) >= 11 is 2.33. The zero-order chi connectivity index (χ0) is 12.5. The molecule has 0 bridgehead atoms. The Kier molecular flexibility index (Phi) is 2.99. The largest absolute Gasteiger partial charge is 0.388 e. The predicted octanol–water partition coefficient (Wildman–Crippen LogP) is 4.25. The fourth-order valence-electron chi connectivity index (χ4n) is 2.07. The van der Waals surface area contributed by atoms with Gasteiger partial charge in [-0.25, -0.2) is 0 Å². The molecule has 1 N–H and O–H groups in total. The van der Waals surface area contributed by atoms with Gasteiger partial charge in [0.2, 0.25) is 0 Å². The van der Waals surface area contributed by atoms with Crippen molar-refractivity contribution in [2.75, 3.05) is 12.4 Å². The lowest BCUT2D eigenvalue weighted by atomic mass is 10.1. The number of pyridine rings is 1. The Morgan fingerprint density at radius 2 is 1.72 bits per heavy atom. The van der Waals surface area contributed by atoms with Crippen LogP contribution in [0.1, 0.15) is 0 Å². The summed E-state index contributed by atoms with van der Waals surface area (Å²) < 4.78 is 3.41. The van der Waals surface area contributed by atoms with E-state index in [1.807, 2.05) is 7.05 Å². The molecule has 0 amide bonds. The van der Waals surface area contributed by atoms with Crippen LogP contribution in [-0.4, -0.2) is 11.4 Å². The van der Waals surface area contributed by atoms with E-state index in [9.17, 15) is 0 Å². The SMILES string of the molecule is CNc1ccc(-c2cc3ccc(I)cn3c2)cc1. The van der Waals surface area contributed by atoms with Crippen LogP contribution in [0.2, 0.25) is 0 Å². The second kappa shape index (κ2) is 4.65. The van der Waals surface area contributed by atoms with Gasteiger partial charge in [-0.05, 0) is 58.5 Å². The molecule has 0 saturated carbocycles. The van der Waals surface area contributed by atoms with Gasteiger partial charge in [-0.15, -0.1) is 0 Å². The smallest absolute Gasteiger partial charge is 0.0457 e. The molecule has 0 atom stereocenters. The highest BCUT2D eigenvalue weighted by atomic mass is 127. The number of benzene rings is 1. The topological polar surface area (TPSA) is 16.4 Å². The number of anilines is 1. The number of rotatable bonds is 2. The maximum absolute atomic E-state index is 3.13. The molecule has 0 aliphatic rings. The maximum atomic E-state index is 3.13. The van der Waals surface area contributed by atoms with E-state index in [-0.39, 0.29) is 0 Å². The summed E-state index contributed by atoms with van der Waals surface area (Å²) in [5, 5.41) is 3.13. The Balaban J connectivity index is 2.07. The molecule has 0 spiro atoms. The van der Waals surface area contributed by atoms with Crippen LogP contribution in [0.25, 0.3) is 16.6 Å². The number of halogens is 1. The van der Waals surface area contributed by atoms with E-state index in [2.05, 4.69) is 87.2 Å². The molecule has 2 aromatic heterocycles. The van der Waals surface area contributed by atoms with Crippen molar-refractivity contribution >= 4 is 33.8 Å². The highest BCUT2D eigenvalue weighted by Crippen LogP contribution is 2.24. The number of fused-ring (bicyclic) bond motifs is 1. The molecule has 90 valence electrons. The van der Waals surface area contributed by atoms with Gasteiger partial charge in [0.1, 0.15) is 0 Å². The van der Waals surface area contributed by atoms with Crippen LogP contribution in [-0.2, 0) is 0 Å². The predicted molar refractivity (Wildman–Crippen MR) is 85.1 cm³/mol. The van der Waals surface area contributed by atoms with Crippen LogP contribution in [0.5, 0.6) is 0 Å². The molecule has 3 aromatic rings. The van der Waals surface area contributed by atoms with Crippen molar-refractivity contribution in [1.29, 1.82) is 0 Å². The molecule has 3 rings (SSSR count). The Morgan fingerprint density at radius 3 is 2.44 bits per heavy atom. The summed E-state index contributed by atoms with van der Waals surface area (Å²) in [7, 11) is 1.93. The first-order valence-corrected chi connectivity index (χ1v) is 6.89. The third-order valence-electron chi connectivity index (χ3n) is 3.06. The lowest BCUT2D eigenvalue weighted by Gasteiger charge is -2.01. The van der Waals surface area contributed by atoms with Gasteiger partial charge in [0.15, 0.2) is 0 Å². The lowest BCUT2D eigenvalue weighted by molar-refractivity contribution is 1.19. The number of hydrogen-bond acceptors (Lipinski definition) is 1. The third-order valence-corrected chi connectivity index (χ3v) is 3.70. The van der Waals surface area contributed by atoms with Crippen LogP contribution < -0.4 is 5.32 Å². The molecule has 3 heteroatoms. The van der Waals surface area contributed by atoms with Crippen LogP contribution >= 0.6 is 22.6 Å². The highest BCUT2D eigenvalue weighted by Gasteiger charge is 2.02. The van der Waals surface area contributed by atoms with Crippen molar-refractivity contribution in [1.82, 2.24) is 4.40 Å². The first-order chi connectivity index (χ1) is 8.76. The van der Waals surface area contributed by atoms with Crippen molar-refractivity contribution in [2.45, 2.75) is 0 Å². The second-order valence-electron chi connectivity index (χ2n) is 4.24. The molecular formula is C15H13IN2. The van der Waals surface area contributed by atoms with E-state index in [0.717, 1.165) is 5.69 Å². The maximum Gasteiger partial charge on any atom is 0.0457 e. The molecule has 0 fully saturated rings. The highest BCUT2D eigenvalue weighted by molar-refractivity contribution is 14.1. The standard InChI is InChI=1S/C15H13IN2/c1-17-14-5-2-11(3-6-14)12-8-15-7-4-13(16)10-18(15)9-12/h2-10,17H,1H3. The zero-order valence-electron chi connectivity index (χ0n) is 10.0. The minimum atomic E-state index is 1.14. The van der Waals surface area contributed by atoms with Crippen molar-refractivity contribution in [3.05, 3.63) is 58.4 Å². The van der Waals surface area contributed by atoms with Gasteiger partial charge in [-0.1, -0.05) is 12.1 Å². The van der Waals surface area contributed by atoms with Gasteiger partial charge in [0.25, 0.3) is 0 Å². The van der Waals surface area contributed by atoms with Crippen molar-refractivity contribution < 1.29 is 0 Å². The molecule has 0 saturated heterocycles. The van der Waals surface area contributed by atoms with Gasteiger partial charge in [-0.2, -0.15) is 0 Å². The van der Waals surface area contributed by atoms with Crippen LogP contribution in [0.15, 0.2) is 54.9 Å². The molecule has 0 aliphatic heterocycles. The molecule has 0 radical (unpaired) electrons. The minimum absolute atomic E-state index is 1.14. The van der Waals surface area contributed by atoms with Crippen molar-refractivity contribution in [2.24, 2.45) is 0 Å². The number of hydrogen-bond donors (Lipinski definition) is 1. The molecular weight excluding hydrogens is 335 g/mol. The van der Waals surface area contributed by atoms with E-state index in [0.29, 0.717) is 0 Å². The van der Waals surface area contributed by atoms with Crippen LogP contribution in [0.4, 0.5) is 5.69 Å². The monoisotopic (exact) mass is 348 g/mol. The van der Waals surface area contributed by atoms with E-state index < -0.39 is 0 Å². The summed E-state index contributed by atoms with van der Waals surface area (Å²) in [6, 6.07) is 15.0. The average Bonchev–Trinajstić information content (AvgIpc) is 2.81. The van der Waals surface area contributed by atoms with Gasteiger partial charge >= 0.3 is 0 Å². The summed E-state index contributed by atoms with van der Waals surface area (Å²) in [5.74, 6) is 0. The third kappa shape index (κ3) is 2.10.